The Hall–Kier alpha value is -4.74. The number of nitrogens with zero attached hydrogens (tertiary/aromatic N) is 1. The summed E-state index contributed by atoms with van der Waals surface area (Å²) in [6.07, 6.45) is 2.99. The lowest BCUT2D eigenvalue weighted by molar-refractivity contribution is -0.144. The fourth-order valence-corrected chi connectivity index (χ4v) is 5.45. The van der Waals surface area contributed by atoms with E-state index in [1.54, 1.807) is 50.2 Å². The first-order chi connectivity index (χ1) is 21.6. The van der Waals surface area contributed by atoms with Gasteiger partial charge in [0.05, 0.1) is 0 Å². The topological polar surface area (TPSA) is 163 Å². The summed E-state index contributed by atoms with van der Waals surface area (Å²) in [5.41, 5.74) is 0.0285. The number of unbranched alkanes of at least 4 members (excludes halogenated alkanes) is 1. The van der Waals surface area contributed by atoms with E-state index in [0.29, 0.717) is 37.2 Å². The quantitative estimate of drug-likeness (QED) is 0.220. The number of amides is 5. The number of carbonyl (C=O) groups is 6. The first-order valence-corrected chi connectivity index (χ1v) is 15.4. The highest BCUT2D eigenvalue weighted by molar-refractivity contribution is 5.99. The molecule has 2 heterocycles. The molecule has 2 aromatic carbocycles. The number of para-hydroxylation sites is 1. The van der Waals surface area contributed by atoms with Crippen molar-refractivity contribution in [1.82, 2.24) is 20.9 Å². The van der Waals surface area contributed by atoms with E-state index >= 15 is 0 Å². The van der Waals surface area contributed by atoms with Crippen LogP contribution in [0.25, 0.3) is 0 Å². The van der Waals surface area contributed by atoms with Gasteiger partial charge in [0.15, 0.2) is 6.61 Å². The summed E-state index contributed by atoms with van der Waals surface area (Å²) < 4.78 is 5.62. The molecule has 45 heavy (non-hydrogen) atoms. The summed E-state index contributed by atoms with van der Waals surface area (Å²) in [5.74, 6) is -1.72. The molecule has 5 amide bonds. The van der Waals surface area contributed by atoms with E-state index in [-0.39, 0.29) is 44.1 Å². The van der Waals surface area contributed by atoms with Gasteiger partial charge in [-0.2, -0.15) is 0 Å². The lowest BCUT2D eigenvalue weighted by atomic mass is 9.94. The van der Waals surface area contributed by atoms with Gasteiger partial charge in [-0.15, -0.1) is 0 Å². The standard InChI is InChI=1S/C33H41N5O7/c1-3-33(2)32(44)36-26(20-22-14-16-24(17-15-22)45-21-28(40)34-23-10-5-4-6-11-23)31(43)38-18-9-13-27(38)30(42)35-25(29(41)37-33)12-7-8-19-39/h4-6,10-11,14-17,19,25-27H,3,7-9,12-13,18,20-21H2,1-2H3,(H,34,40)(H,35,42)(H,36,44)(H,37,41)/t25-,26-,27+,33-/m0/s1. The highest BCUT2D eigenvalue weighted by atomic mass is 16.5. The Balaban J connectivity index is 1.49. The van der Waals surface area contributed by atoms with Gasteiger partial charge >= 0.3 is 0 Å². The van der Waals surface area contributed by atoms with E-state index in [0.717, 1.165) is 11.8 Å². The third kappa shape index (κ3) is 8.68. The summed E-state index contributed by atoms with van der Waals surface area (Å²) in [7, 11) is 0. The van der Waals surface area contributed by atoms with E-state index in [1.165, 1.54) is 4.90 Å². The Morgan fingerprint density at radius 3 is 2.44 bits per heavy atom. The van der Waals surface area contributed by atoms with Gasteiger partial charge in [-0.3, -0.25) is 24.0 Å². The molecule has 12 heteroatoms. The Kier molecular flexibility index (Phi) is 11.3. The molecule has 0 spiro atoms. The number of ether oxygens (including phenoxy) is 1. The molecule has 4 atom stereocenters. The first-order valence-electron chi connectivity index (χ1n) is 15.4. The van der Waals surface area contributed by atoms with Gasteiger partial charge in [-0.1, -0.05) is 37.3 Å². The van der Waals surface area contributed by atoms with Crippen LogP contribution in [0.1, 0.15) is 57.9 Å². The van der Waals surface area contributed by atoms with Crippen LogP contribution in [-0.2, 0) is 35.2 Å². The van der Waals surface area contributed by atoms with E-state index < -0.39 is 41.4 Å². The minimum atomic E-state index is -1.36. The maximum Gasteiger partial charge on any atom is 0.262 e. The molecular formula is C33H41N5O7. The second-order valence-electron chi connectivity index (χ2n) is 11.6. The molecule has 2 aliphatic rings. The van der Waals surface area contributed by atoms with Gasteiger partial charge in [0.2, 0.25) is 23.6 Å². The molecule has 2 saturated heterocycles. The van der Waals surface area contributed by atoms with Crippen molar-refractivity contribution in [2.45, 2.75) is 82.5 Å². The number of rotatable bonds is 11. The van der Waals surface area contributed by atoms with Crippen LogP contribution in [0.2, 0.25) is 0 Å². The number of hydrogen-bond donors (Lipinski definition) is 4. The molecule has 0 radical (unpaired) electrons. The highest BCUT2D eigenvalue weighted by Gasteiger charge is 2.43. The van der Waals surface area contributed by atoms with Gasteiger partial charge in [0.25, 0.3) is 5.91 Å². The monoisotopic (exact) mass is 619 g/mol. The Morgan fingerprint density at radius 1 is 1.02 bits per heavy atom. The van der Waals surface area contributed by atoms with Gasteiger partial charge in [0, 0.05) is 25.1 Å². The molecular weight excluding hydrogens is 578 g/mol. The zero-order chi connectivity index (χ0) is 32.4. The normalized spacial score (nSPS) is 23.9. The van der Waals surface area contributed by atoms with Crippen LogP contribution < -0.4 is 26.0 Å². The molecule has 2 aliphatic heterocycles. The van der Waals surface area contributed by atoms with Crippen LogP contribution in [-0.4, -0.2) is 77.5 Å². The smallest absolute Gasteiger partial charge is 0.262 e. The Bertz CT molecular complexity index is 1380. The molecule has 4 N–H and O–H groups in total. The van der Waals surface area contributed by atoms with Crippen molar-refractivity contribution in [3.05, 3.63) is 60.2 Å². The summed E-state index contributed by atoms with van der Waals surface area (Å²) >= 11 is 0. The fourth-order valence-electron chi connectivity index (χ4n) is 5.45. The highest BCUT2D eigenvalue weighted by Crippen LogP contribution is 2.23. The van der Waals surface area contributed by atoms with E-state index in [2.05, 4.69) is 21.3 Å². The predicted octanol–water partition coefficient (Wildman–Crippen LogP) is 1.87. The lowest BCUT2D eigenvalue weighted by Gasteiger charge is -2.35. The zero-order valence-corrected chi connectivity index (χ0v) is 25.7. The van der Waals surface area contributed by atoms with Gasteiger partial charge < -0.3 is 35.7 Å². The third-order valence-electron chi connectivity index (χ3n) is 8.29. The molecule has 2 aromatic rings. The van der Waals surface area contributed by atoms with Crippen LogP contribution in [0.5, 0.6) is 5.75 Å². The fraction of sp³-hybridized carbons (Fsp3) is 0.455. The van der Waals surface area contributed by atoms with Crippen molar-refractivity contribution in [2.75, 3.05) is 18.5 Å². The van der Waals surface area contributed by atoms with Gasteiger partial charge in [-0.05, 0) is 68.9 Å². The van der Waals surface area contributed by atoms with Crippen LogP contribution in [0, 0.1) is 0 Å². The van der Waals surface area contributed by atoms with E-state index in [4.69, 9.17) is 4.74 Å². The zero-order valence-electron chi connectivity index (χ0n) is 25.7. The van der Waals surface area contributed by atoms with E-state index in [9.17, 15) is 28.8 Å². The van der Waals surface area contributed by atoms with Crippen LogP contribution in [0.15, 0.2) is 54.6 Å². The summed E-state index contributed by atoms with van der Waals surface area (Å²) in [5, 5.41) is 11.2. The SMILES string of the molecule is CC[C@]1(C)NC(=O)[C@H](CCCC=O)NC(=O)[C@H]2CCCN2C(=O)[C@H](Cc2ccc(OCC(=O)Nc3ccccc3)cc2)NC1=O. The summed E-state index contributed by atoms with van der Waals surface area (Å²) in [4.78, 5) is 78.9. The van der Waals surface area contributed by atoms with Crippen molar-refractivity contribution >= 4 is 41.5 Å². The number of anilines is 1. The van der Waals surface area contributed by atoms with Crippen LogP contribution in [0.4, 0.5) is 5.69 Å². The first kappa shape index (κ1) is 33.2. The number of nitrogens with one attached hydrogen (secondary N) is 4. The molecule has 0 unspecified atom stereocenters. The number of fused-ring (bicyclic) bond motifs is 1. The lowest BCUT2D eigenvalue weighted by Crippen LogP contribution is -2.65. The van der Waals surface area contributed by atoms with Crippen molar-refractivity contribution in [3.63, 3.8) is 0 Å². The number of hydrogen-bond acceptors (Lipinski definition) is 7. The second-order valence-corrected chi connectivity index (χ2v) is 11.6. The van der Waals surface area contributed by atoms with Crippen LogP contribution in [0.3, 0.4) is 0 Å². The molecule has 0 bridgehead atoms. The maximum absolute atomic E-state index is 13.9. The van der Waals surface area contributed by atoms with Crippen molar-refractivity contribution in [3.8, 4) is 5.75 Å². The average molecular weight is 620 g/mol. The molecule has 4 rings (SSSR count). The summed E-state index contributed by atoms with van der Waals surface area (Å²) in [6.45, 7) is 3.48. The van der Waals surface area contributed by atoms with Crippen molar-refractivity contribution < 1.29 is 33.5 Å². The van der Waals surface area contributed by atoms with Crippen molar-refractivity contribution in [1.29, 1.82) is 0 Å². The third-order valence-corrected chi connectivity index (χ3v) is 8.29. The molecule has 2 fully saturated rings. The van der Waals surface area contributed by atoms with Crippen LogP contribution >= 0.6 is 0 Å². The summed E-state index contributed by atoms with van der Waals surface area (Å²) in [6, 6.07) is 13.2. The Labute approximate surface area is 262 Å². The second kappa shape index (κ2) is 15.3. The molecule has 0 saturated carbocycles. The molecule has 0 aromatic heterocycles. The number of carbonyl (C=O) groups excluding carboxylic acids is 6. The number of benzene rings is 2. The molecule has 240 valence electrons. The predicted molar refractivity (Wildman–Crippen MR) is 166 cm³/mol. The van der Waals surface area contributed by atoms with Gasteiger partial charge in [-0.25, -0.2) is 0 Å². The minimum absolute atomic E-state index is 0.131. The average Bonchev–Trinajstić information content (AvgIpc) is 3.53. The molecule has 0 aliphatic carbocycles. The Morgan fingerprint density at radius 2 is 1.76 bits per heavy atom. The maximum atomic E-state index is 13.9. The van der Waals surface area contributed by atoms with Crippen molar-refractivity contribution in [2.24, 2.45) is 0 Å². The largest absolute Gasteiger partial charge is 0.484 e. The van der Waals surface area contributed by atoms with Gasteiger partial charge in [0.1, 0.15) is 35.7 Å². The number of aldehydes is 1. The minimum Gasteiger partial charge on any atom is -0.484 e. The molecule has 12 nitrogen and oxygen atoms in total. The van der Waals surface area contributed by atoms with E-state index in [1.807, 2.05) is 18.2 Å².